The van der Waals surface area contributed by atoms with Crippen LogP contribution in [0.2, 0.25) is 0 Å². The lowest BCUT2D eigenvalue weighted by molar-refractivity contribution is -0.118. The summed E-state index contributed by atoms with van der Waals surface area (Å²) in [6.07, 6.45) is 1.93. The van der Waals surface area contributed by atoms with Crippen LogP contribution in [0.3, 0.4) is 0 Å². The molecule has 0 atom stereocenters. The Morgan fingerprint density at radius 2 is 2.00 bits per heavy atom. The number of primary amides is 1. The fourth-order valence-corrected chi connectivity index (χ4v) is 1.93. The van der Waals surface area contributed by atoms with Gasteiger partial charge in [0.25, 0.3) is 0 Å². The molecule has 3 N–H and O–H groups in total. The van der Waals surface area contributed by atoms with Crippen molar-refractivity contribution >= 4 is 11.9 Å². The summed E-state index contributed by atoms with van der Waals surface area (Å²) < 4.78 is 1.96. The summed E-state index contributed by atoms with van der Waals surface area (Å²) in [5.74, 6) is -1.20. The molecule has 0 saturated carbocycles. The second-order valence-electron chi connectivity index (χ2n) is 4.17. The van der Waals surface area contributed by atoms with Crippen molar-refractivity contribution in [1.29, 1.82) is 0 Å². The Kier molecular flexibility index (Phi) is 4.31. The molecule has 0 aliphatic carbocycles. The summed E-state index contributed by atoms with van der Waals surface area (Å²) in [6.45, 7) is 4.40. The molecule has 0 fully saturated rings. The number of carboxylic acids is 1. The standard InChI is InChI=1S/C12H18N2O3/c1-8-7-10(12(16)17)9(2)14(8)6-4-3-5-11(13)15/h7H,3-6H2,1-2H3,(H2,13,15)(H,16,17). The van der Waals surface area contributed by atoms with E-state index in [1.54, 1.807) is 13.0 Å². The van der Waals surface area contributed by atoms with E-state index in [2.05, 4.69) is 0 Å². The van der Waals surface area contributed by atoms with Crippen molar-refractivity contribution in [3.05, 3.63) is 23.0 Å². The van der Waals surface area contributed by atoms with Gasteiger partial charge in [-0.05, 0) is 32.8 Å². The average molecular weight is 238 g/mol. The molecule has 17 heavy (non-hydrogen) atoms. The van der Waals surface area contributed by atoms with Gasteiger partial charge in [-0.2, -0.15) is 0 Å². The zero-order valence-electron chi connectivity index (χ0n) is 10.2. The molecular weight excluding hydrogens is 220 g/mol. The Labute approximate surface area is 100 Å². The Bertz CT molecular complexity index is 435. The highest BCUT2D eigenvalue weighted by molar-refractivity contribution is 5.89. The number of nitrogens with two attached hydrogens (primary N) is 1. The van der Waals surface area contributed by atoms with E-state index in [0.717, 1.165) is 30.8 Å². The predicted molar refractivity (Wildman–Crippen MR) is 63.9 cm³/mol. The molecule has 0 saturated heterocycles. The summed E-state index contributed by atoms with van der Waals surface area (Å²) >= 11 is 0. The summed E-state index contributed by atoms with van der Waals surface area (Å²) in [5, 5.41) is 8.97. The summed E-state index contributed by atoms with van der Waals surface area (Å²) in [4.78, 5) is 21.5. The van der Waals surface area contributed by atoms with Gasteiger partial charge in [-0.15, -0.1) is 0 Å². The Morgan fingerprint density at radius 3 is 2.47 bits per heavy atom. The van der Waals surface area contributed by atoms with E-state index in [1.165, 1.54) is 0 Å². The number of unbranched alkanes of at least 4 members (excludes halogenated alkanes) is 1. The smallest absolute Gasteiger partial charge is 0.337 e. The Balaban J connectivity index is 2.65. The Hall–Kier alpha value is -1.78. The van der Waals surface area contributed by atoms with Gasteiger partial charge in [-0.25, -0.2) is 4.79 Å². The van der Waals surface area contributed by atoms with Crippen LogP contribution in [0.4, 0.5) is 0 Å². The highest BCUT2D eigenvalue weighted by Gasteiger charge is 2.13. The first-order chi connectivity index (χ1) is 7.93. The quantitative estimate of drug-likeness (QED) is 0.736. The molecule has 0 bridgehead atoms. The molecule has 1 aromatic rings. The van der Waals surface area contributed by atoms with E-state index in [0.29, 0.717) is 12.0 Å². The number of carbonyl (C=O) groups excluding carboxylic acids is 1. The minimum Gasteiger partial charge on any atom is -0.478 e. The number of rotatable bonds is 6. The van der Waals surface area contributed by atoms with Crippen LogP contribution in [0.1, 0.15) is 41.0 Å². The first-order valence-corrected chi connectivity index (χ1v) is 5.61. The SMILES string of the molecule is Cc1cc(C(=O)O)c(C)n1CCCCC(N)=O. The second-order valence-corrected chi connectivity index (χ2v) is 4.17. The zero-order chi connectivity index (χ0) is 13.0. The fourth-order valence-electron chi connectivity index (χ4n) is 1.93. The summed E-state index contributed by atoms with van der Waals surface area (Å²) in [5.41, 5.74) is 7.08. The van der Waals surface area contributed by atoms with Gasteiger partial charge >= 0.3 is 5.97 Å². The number of aryl methyl sites for hydroxylation is 1. The van der Waals surface area contributed by atoms with Crippen molar-refractivity contribution in [3.63, 3.8) is 0 Å². The predicted octanol–water partition coefficient (Wildman–Crippen LogP) is 1.46. The van der Waals surface area contributed by atoms with Crippen LogP contribution in [0, 0.1) is 13.8 Å². The van der Waals surface area contributed by atoms with E-state index in [-0.39, 0.29) is 5.91 Å². The summed E-state index contributed by atoms with van der Waals surface area (Å²) in [7, 11) is 0. The minimum absolute atomic E-state index is 0.294. The number of aromatic nitrogens is 1. The largest absolute Gasteiger partial charge is 0.478 e. The molecule has 94 valence electrons. The van der Waals surface area contributed by atoms with Crippen molar-refractivity contribution in [3.8, 4) is 0 Å². The molecule has 0 aliphatic heterocycles. The molecule has 5 heteroatoms. The zero-order valence-corrected chi connectivity index (χ0v) is 10.2. The van der Waals surface area contributed by atoms with Gasteiger partial charge < -0.3 is 15.4 Å². The molecule has 0 aliphatic rings. The molecule has 1 rings (SSSR count). The summed E-state index contributed by atoms with van der Waals surface area (Å²) in [6, 6.07) is 1.67. The van der Waals surface area contributed by atoms with Crippen LogP contribution in [0.5, 0.6) is 0 Å². The number of carboxylic acid groups (broad SMARTS) is 1. The molecule has 1 amide bonds. The number of carbonyl (C=O) groups is 2. The van der Waals surface area contributed by atoms with Crippen molar-refractivity contribution < 1.29 is 14.7 Å². The topological polar surface area (TPSA) is 85.3 Å². The van der Waals surface area contributed by atoms with Crippen LogP contribution in [0.25, 0.3) is 0 Å². The highest BCUT2D eigenvalue weighted by Crippen LogP contribution is 2.16. The lowest BCUT2D eigenvalue weighted by Crippen LogP contribution is -2.11. The third-order valence-electron chi connectivity index (χ3n) is 2.86. The van der Waals surface area contributed by atoms with Crippen molar-refractivity contribution in [2.24, 2.45) is 5.73 Å². The number of hydrogen-bond acceptors (Lipinski definition) is 2. The van der Waals surface area contributed by atoms with Crippen LogP contribution in [-0.2, 0) is 11.3 Å². The van der Waals surface area contributed by atoms with Gasteiger partial charge in [-0.3, -0.25) is 4.79 Å². The molecule has 0 aromatic carbocycles. The molecular formula is C12H18N2O3. The van der Waals surface area contributed by atoms with Crippen molar-refractivity contribution in [2.75, 3.05) is 0 Å². The van der Waals surface area contributed by atoms with E-state index < -0.39 is 5.97 Å². The highest BCUT2D eigenvalue weighted by atomic mass is 16.4. The van der Waals surface area contributed by atoms with Gasteiger partial charge in [0.2, 0.25) is 5.91 Å². The van der Waals surface area contributed by atoms with E-state index in [9.17, 15) is 9.59 Å². The first-order valence-electron chi connectivity index (χ1n) is 5.61. The van der Waals surface area contributed by atoms with E-state index in [1.807, 2.05) is 11.5 Å². The maximum Gasteiger partial charge on any atom is 0.337 e. The molecule has 5 nitrogen and oxygen atoms in total. The average Bonchev–Trinajstić information content (AvgIpc) is 2.50. The van der Waals surface area contributed by atoms with E-state index in [4.69, 9.17) is 10.8 Å². The van der Waals surface area contributed by atoms with Gasteiger partial charge in [0.1, 0.15) is 0 Å². The molecule has 0 spiro atoms. The minimum atomic E-state index is -0.901. The van der Waals surface area contributed by atoms with Crippen LogP contribution in [0.15, 0.2) is 6.07 Å². The van der Waals surface area contributed by atoms with Crippen molar-refractivity contribution in [2.45, 2.75) is 39.7 Å². The number of nitrogens with zero attached hydrogens (tertiary/aromatic N) is 1. The molecule has 1 aromatic heterocycles. The first kappa shape index (κ1) is 13.3. The lowest BCUT2D eigenvalue weighted by Gasteiger charge is -2.08. The second kappa shape index (κ2) is 5.52. The van der Waals surface area contributed by atoms with Crippen LogP contribution >= 0.6 is 0 Å². The maximum atomic E-state index is 10.9. The number of aromatic carboxylic acids is 1. The van der Waals surface area contributed by atoms with Crippen LogP contribution in [-0.4, -0.2) is 21.6 Å². The third-order valence-corrected chi connectivity index (χ3v) is 2.86. The fraction of sp³-hybridized carbons (Fsp3) is 0.500. The van der Waals surface area contributed by atoms with Gasteiger partial charge in [-0.1, -0.05) is 0 Å². The van der Waals surface area contributed by atoms with Gasteiger partial charge in [0, 0.05) is 24.4 Å². The van der Waals surface area contributed by atoms with Gasteiger partial charge in [0.05, 0.1) is 5.56 Å². The van der Waals surface area contributed by atoms with Crippen LogP contribution < -0.4 is 5.73 Å². The number of amides is 1. The molecule has 0 unspecified atom stereocenters. The van der Waals surface area contributed by atoms with E-state index >= 15 is 0 Å². The third kappa shape index (κ3) is 3.34. The normalized spacial score (nSPS) is 10.5. The monoisotopic (exact) mass is 238 g/mol. The lowest BCUT2D eigenvalue weighted by atomic mass is 10.2. The molecule has 0 radical (unpaired) electrons. The van der Waals surface area contributed by atoms with Gasteiger partial charge in [0.15, 0.2) is 0 Å². The molecule has 1 heterocycles. The number of hydrogen-bond donors (Lipinski definition) is 2. The maximum absolute atomic E-state index is 10.9. The van der Waals surface area contributed by atoms with Crippen molar-refractivity contribution in [1.82, 2.24) is 4.57 Å². The Morgan fingerprint density at radius 1 is 1.35 bits per heavy atom.